The Morgan fingerprint density at radius 1 is 1.09 bits per heavy atom. The summed E-state index contributed by atoms with van der Waals surface area (Å²) >= 11 is 1.61. The molecule has 5 rings (SSSR count). The summed E-state index contributed by atoms with van der Waals surface area (Å²) < 4.78 is 42.6. The van der Waals surface area contributed by atoms with Gasteiger partial charge in [-0.05, 0) is 72.7 Å². The highest BCUT2D eigenvalue weighted by Crippen LogP contribution is 2.33. The number of aryl methyl sites for hydroxylation is 1. The number of rotatable bonds is 8. The number of ether oxygens (including phenoxy) is 1. The highest BCUT2D eigenvalue weighted by Gasteiger charge is 2.31. The topological polar surface area (TPSA) is 84.6 Å². The second-order valence-corrected chi connectivity index (χ2v) is 11.8. The van der Waals surface area contributed by atoms with E-state index in [2.05, 4.69) is 69.0 Å². The zero-order valence-corrected chi connectivity index (χ0v) is 25.5. The molecule has 3 aromatic carbocycles. The predicted molar refractivity (Wildman–Crippen MR) is 168 cm³/mol. The smallest absolute Gasteiger partial charge is 0.406 e. The van der Waals surface area contributed by atoms with Crippen LogP contribution in [0.1, 0.15) is 42.9 Å². The Hall–Kier alpha value is -4.32. The molecule has 0 atom stereocenters. The number of nitrogens with zero attached hydrogens (tertiary/aromatic N) is 5. The van der Waals surface area contributed by atoms with Gasteiger partial charge in [0.05, 0.1) is 5.69 Å². The largest absolute Gasteiger partial charge is 0.573 e. The summed E-state index contributed by atoms with van der Waals surface area (Å²) in [4.78, 5) is 23.7. The van der Waals surface area contributed by atoms with Crippen molar-refractivity contribution in [3.63, 3.8) is 0 Å². The molecule has 1 saturated heterocycles. The van der Waals surface area contributed by atoms with E-state index in [4.69, 9.17) is 0 Å². The van der Waals surface area contributed by atoms with E-state index in [0.29, 0.717) is 30.4 Å². The second-order valence-electron chi connectivity index (χ2n) is 10.7. The summed E-state index contributed by atoms with van der Waals surface area (Å²) in [6.45, 7) is 7.68. The Morgan fingerprint density at radius 2 is 1.84 bits per heavy atom. The van der Waals surface area contributed by atoms with Crippen LogP contribution in [0.3, 0.4) is 0 Å². The van der Waals surface area contributed by atoms with Crippen LogP contribution in [0.2, 0.25) is 0 Å². The highest BCUT2D eigenvalue weighted by atomic mass is 32.2. The fourth-order valence-electron chi connectivity index (χ4n) is 4.83. The van der Waals surface area contributed by atoms with E-state index >= 15 is 0 Å². The number of halogens is 3. The number of nitrogens with one attached hydrogen (secondary N) is 1. The van der Waals surface area contributed by atoms with Crippen molar-refractivity contribution in [2.75, 3.05) is 23.7 Å². The summed E-state index contributed by atoms with van der Waals surface area (Å²) in [6.07, 6.45) is -1.61. The molecule has 1 aliphatic heterocycles. The van der Waals surface area contributed by atoms with Crippen LogP contribution in [0.5, 0.6) is 5.75 Å². The molecule has 2 heterocycles. The number of carbonyl (C=O) groups excluding carboxylic acids is 1. The number of amides is 2. The molecule has 1 aromatic heterocycles. The van der Waals surface area contributed by atoms with Crippen molar-refractivity contribution in [3.8, 4) is 22.8 Å². The number of anilines is 1. The van der Waals surface area contributed by atoms with Gasteiger partial charge in [-0.1, -0.05) is 62.0 Å². The van der Waals surface area contributed by atoms with Gasteiger partial charge >= 0.3 is 12.4 Å². The van der Waals surface area contributed by atoms with Gasteiger partial charge in [0.15, 0.2) is 11.0 Å². The Labute approximate surface area is 258 Å². The predicted octanol–water partition coefficient (Wildman–Crippen LogP) is 7.52. The average molecular weight is 623 g/mol. The maximum absolute atomic E-state index is 12.8. The lowest BCUT2D eigenvalue weighted by molar-refractivity contribution is -0.274. The lowest BCUT2D eigenvalue weighted by atomic mass is 9.98. The average Bonchev–Trinajstić information content (AvgIpc) is 3.48. The van der Waals surface area contributed by atoms with E-state index in [0.717, 1.165) is 40.7 Å². The van der Waals surface area contributed by atoms with Gasteiger partial charge in [0.1, 0.15) is 12.1 Å². The molecule has 4 aromatic rings. The van der Waals surface area contributed by atoms with Crippen LogP contribution in [0, 0.1) is 6.92 Å². The molecule has 0 spiro atoms. The van der Waals surface area contributed by atoms with Crippen LogP contribution in [-0.2, 0) is 6.42 Å². The number of aliphatic imine (C=N–C) groups is 1. The Kier molecular flexibility index (Phi) is 9.58. The first-order valence-corrected chi connectivity index (χ1v) is 15.3. The van der Waals surface area contributed by atoms with E-state index in [9.17, 15) is 18.0 Å². The Balaban J connectivity index is 1.17. The molecule has 0 radical (unpaired) electrons. The fraction of sp³-hybridized carbons (Fsp3) is 0.312. The van der Waals surface area contributed by atoms with Gasteiger partial charge in [-0.2, -0.15) is 4.99 Å². The third kappa shape index (κ3) is 7.98. The Morgan fingerprint density at radius 3 is 2.55 bits per heavy atom. The lowest BCUT2D eigenvalue weighted by Crippen LogP contribution is -2.36. The number of carbonyl (C=O) groups is 1. The zero-order chi connectivity index (χ0) is 31.3. The van der Waals surface area contributed by atoms with Crippen LogP contribution < -0.4 is 15.0 Å². The van der Waals surface area contributed by atoms with Crippen LogP contribution in [-0.4, -0.2) is 51.2 Å². The maximum Gasteiger partial charge on any atom is 0.573 e. The van der Waals surface area contributed by atoms with Crippen LogP contribution in [0.25, 0.3) is 17.1 Å². The summed E-state index contributed by atoms with van der Waals surface area (Å²) in [6, 6.07) is 19.2. The van der Waals surface area contributed by atoms with Crippen molar-refractivity contribution < 1.29 is 22.7 Å². The van der Waals surface area contributed by atoms with E-state index in [1.165, 1.54) is 46.4 Å². The molecule has 1 N–H and O–H groups in total. The molecule has 0 saturated carbocycles. The number of benzene rings is 3. The van der Waals surface area contributed by atoms with Gasteiger partial charge in [-0.15, -0.1) is 18.3 Å². The molecular formula is C32H33F3N6O2S. The van der Waals surface area contributed by atoms with Gasteiger partial charge in [-0.3, -0.25) is 0 Å². The quantitative estimate of drug-likeness (QED) is 0.219. The van der Waals surface area contributed by atoms with Gasteiger partial charge < -0.3 is 15.0 Å². The van der Waals surface area contributed by atoms with E-state index in [1.807, 2.05) is 24.3 Å². The van der Waals surface area contributed by atoms with E-state index in [1.54, 1.807) is 11.8 Å². The minimum absolute atomic E-state index is 0.307. The molecule has 12 heteroatoms. The number of alkyl halides is 3. The molecule has 1 aliphatic rings. The standard InChI is InChI=1S/C32H33F3N6O2S/c1-21(2)27-14-5-22(3)19-28(27)40-17-4-18-44-31(40)38-30(42)36-16-15-23-6-8-24(9-7-23)29-37-20-41(39-29)25-10-12-26(13-11-25)43-32(33,34)35/h5-14,19-21H,4,15-18H2,1-3H3,(H,36,42)/b38-31-. The molecule has 8 nitrogen and oxygen atoms in total. The van der Waals surface area contributed by atoms with E-state index < -0.39 is 6.36 Å². The van der Waals surface area contributed by atoms with E-state index in [-0.39, 0.29) is 11.8 Å². The summed E-state index contributed by atoms with van der Waals surface area (Å²) in [5.41, 5.74) is 5.88. The molecule has 0 bridgehead atoms. The Bertz CT molecular complexity index is 1620. The summed E-state index contributed by atoms with van der Waals surface area (Å²) in [5, 5.41) is 8.08. The normalized spacial score (nSPS) is 14.7. The van der Waals surface area contributed by atoms with Crippen molar-refractivity contribution in [1.29, 1.82) is 0 Å². The van der Waals surface area contributed by atoms with Crippen LogP contribution in [0.4, 0.5) is 23.7 Å². The number of urea groups is 1. The molecule has 0 aliphatic carbocycles. The minimum atomic E-state index is -4.75. The molecule has 44 heavy (non-hydrogen) atoms. The summed E-state index contributed by atoms with van der Waals surface area (Å²) in [7, 11) is 0. The first-order valence-electron chi connectivity index (χ1n) is 14.3. The summed E-state index contributed by atoms with van der Waals surface area (Å²) in [5.74, 6) is 1.44. The van der Waals surface area contributed by atoms with Crippen molar-refractivity contribution in [2.24, 2.45) is 4.99 Å². The van der Waals surface area contributed by atoms with Crippen LogP contribution >= 0.6 is 11.8 Å². The molecule has 0 unspecified atom stereocenters. The van der Waals surface area contributed by atoms with Gasteiger partial charge in [0.25, 0.3) is 0 Å². The number of aromatic nitrogens is 3. The van der Waals surface area contributed by atoms with Gasteiger partial charge in [0, 0.05) is 30.1 Å². The van der Waals surface area contributed by atoms with Crippen molar-refractivity contribution in [3.05, 3.63) is 89.7 Å². The second kappa shape index (κ2) is 13.5. The molecule has 230 valence electrons. The third-order valence-corrected chi connectivity index (χ3v) is 8.08. The molecule has 2 amide bonds. The first-order chi connectivity index (χ1) is 21.1. The number of hydrogen-bond donors (Lipinski definition) is 1. The zero-order valence-electron chi connectivity index (χ0n) is 24.6. The SMILES string of the molecule is Cc1ccc(C(C)C)c(N2CCCS/C2=N\C(=O)NCCc2ccc(-c3ncn(-c4ccc(OC(F)(F)F)cc4)n3)cc2)c1. The fourth-order valence-corrected chi connectivity index (χ4v) is 5.78. The van der Waals surface area contributed by atoms with Gasteiger partial charge in [-0.25, -0.2) is 14.5 Å². The highest BCUT2D eigenvalue weighted by molar-refractivity contribution is 8.14. The minimum Gasteiger partial charge on any atom is -0.406 e. The first kappa shape index (κ1) is 31.1. The monoisotopic (exact) mass is 622 g/mol. The third-order valence-electron chi connectivity index (χ3n) is 7.01. The van der Waals surface area contributed by atoms with Gasteiger partial charge in [0.2, 0.25) is 0 Å². The molecule has 1 fully saturated rings. The van der Waals surface area contributed by atoms with Crippen LogP contribution in [0.15, 0.2) is 78.0 Å². The van der Waals surface area contributed by atoms with Crippen molar-refractivity contribution in [1.82, 2.24) is 20.1 Å². The number of amidine groups is 1. The van der Waals surface area contributed by atoms with Crippen molar-refractivity contribution >= 4 is 28.6 Å². The maximum atomic E-state index is 12.8. The lowest BCUT2D eigenvalue weighted by Gasteiger charge is -2.32. The number of thioether (sulfide) groups is 1. The number of hydrogen-bond acceptors (Lipinski definition) is 5. The van der Waals surface area contributed by atoms with Crippen molar-refractivity contribution in [2.45, 2.75) is 45.9 Å². The molecular weight excluding hydrogens is 589 g/mol.